The largest absolute Gasteiger partial charge is 0.454 e. The number of carbonyl (C=O) groups excluding carboxylic acids is 4. The highest BCUT2D eigenvalue weighted by Crippen LogP contribution is 2.25. The zero-order chi connectivity index (χ0) is 23.4. The summed E-state index contributed by atoms with van der Waals surface area (Å²) in [5.74, 6) is -2.53. The van der Waals surface area contributed by atoms with Gasteiger partial charge in [0.1, 0.15) is 6.04 Å². The molecule has 0 radical (unpaired) electrons. The van der Waals surface area contributed by atoms with E-state index in [0.29, 0.717) is 5.69 Å². The average molecular weight is 433 g/mol. The Morgan fingerprint density at radius 2 is 1.62 bits per heavy atom. The van der Waals surface area contributed by atoms with E-state index in [1.165, 1.54) is 24.0 Å². The fourth-order valence-corrected chi connectivity index (χ4v) is 3.66. The summed E-state index contributed by atoms with van der Waals surface area (Å²) in [5, 5.41) is 8.95. The Kier molecular flexibility index (Phi) is 6.69. The first-order chi connectivity index (χ1) is 15.2. The number of esters is 1. The lowest BCUT2D eigenvalue weighted by molar-refractivity contribution is -0.151. The first-order valence-corrected chi connectivity index (χ1v) is 10.1. The molecule has 0 saturated carbocycles. The Labute approximate surface area is 186 Å². The van der Waals surface area contributed by atoms with E-state index in [1.807, 2.05) is 38.1 Å². The Bertz CT molecular complexity index is 1080. The number of imide groups is 1. The third kappa shape index (κ3) is 4.52. The van der Waals surface area contributed by atoms with E-state index in [2.05, 4.69) is 0 Å². The van der Waals surface area contributed by atoms with Crippen LogP contribution in [-0.4, -0.2) is 47.8 Å². The topological polar surface area (TPSA) is 108 Å². The number of fused-ring (bicyclic) bond motifs is 1. The molecule has 1 atom stereocenters. The van der Waals surface area contributed by atoms with Crippen molar-refractivity contribution in [1.29, 1.82) is 5.26 Å². The highest BCUT2D eigenvalue weighted by molar-refractivity contribution is 6.22. The number of nitriles is 1. The number of hydrogen-bond acceptors (Lipinski definition) is 6. The van der Waals surface area contributed by atoms with Gasteiger partial charge < -0.3 is 9.64 Å². The number of hydrogen-bond donors (Lipinski definition) is 0. The van der Waals surface area contributed by atoms with Gasteiger partial charge in [-0.05, 0) is 56.2 Å². The highest BCUT2D eigenvalue weighted by atomic mass is 16.5. The molecule has 32 heavy (non-hydrogen) atoms. The molecule has 8 nitrogen and oxygen atoms in total. The zero-order valence-corrected chi connectivity index (χ0v) is 18.1. The van der Waals surface area contributed by atoms with Crippen LogP contribution in [0.2, 0.25) is 0 Å². The van der Waals surface area contributed by atoms with Gasteiger partial charge in [0.15, 0.2) is 6.61 Å². The van der Waals surface area contributed by atoms with Crippen LogP contribution in [-0.2, 0) is 14.3 Å². The third-order valence-electron chi connectivity index (χ3n) is 5.16. The number of nitrogens with zero attached hydrogens (tertiary/aromatic N) is 3. The van der Waals surface area contributed by atoms with Crippen LogP contribution in [0.3, 0.4) is 0 Å². The molecule has 2 aromatic rings. The molecule has 0 aromatic heterocycles. The van der Waals surface area contributed by atoms with Gasteiger partial charge in [0.05, 0.1) is 23.6 Å². The minimum Gasteiger partial charge on any atom is -0.454 e. The monoisotopic (exact) mass is 433 g/mol. The van der Waals surface area contributed by atoms with Gasteiger partial charge in [-0.3, -0.25) is 19.3 Å². The van der Waals surface area contributed by atoms with Gasteiger partial charge in [0, 0.05) is 12.2 Å². The lowest BCUT2D eigenvalue weighted by Crippen LogP contribution is -2.45. The fraction of sp³-hybridized carbons (Fsp3) is 0.292. The van der Waals surface area contributed by atoms with E-state index in [-0.39, 0.29) is 24.1 Å². The van der Waals surface area contributed by atoms with Crippen LogP contribution in [0.1, 0.15) is 45.2 Å². The van der Waals surface area contributed by atoms with E-state index >= 15 is 0 Å². The van der Waals surface area contributed by atoms with Crippen LogP contribution in [0.15, 0.2) is 42.5 Å². The molecule has 1 heterocycles. The second kappa shape index (κ2) is 9.43. The fourth-order valence-electron chi connectivity index (χ4n) is 3.66. The van der Waals surface area contributed by atoms with Crippen LogP contribution in [0.4, 0.5) is 5.69 Å². The van der Waals surface area contributed by atoms with Crippen LogP contribution >= 0.6 is 0 Å². The standard InChI is InChI=1S/C24H23N3O5/c1-15-11-16(2)13-18(12-15)26(10-6-9-25)21(28)14-32-24(31)17(3)27-22(29)19-7-4-5-8-20(19)23(27)30/h4-5,7-8,11-13,17H,6,10,14H2,1-3H3. The average Bonchev–Trinajstić information content (AvgIpc) is 3.01. The molecule has 1 aliphatic heterocycles. The highest BCUT2D eigenvalue weighted by Gasteiger charge is 2.41. The lowest BCUT2D eigenvalue weighted by Gasteiger charge is -2.24. The van der Waals surface area contributed by atoms with Gasteiger partial charge in [-0.25, -0.2) is 4.79 Å². The van der Waals surface area contributed by atoms with Gasteiger partial charge in [0.2, 0.25) is 0 Å². The summed E-state index contributed by atoms with van der Waals surface area (Å²) < 4.78 is 5.16. The van der Waals surface area contributed by atoms with Crippen molar-refractivity contribution < 1.29 is 23.9 Å². The van der Waals surface area contributed by atoms with Crippen molar-refractivity contribution >= 4 is 29.4 Å². The van der Waals surface area contributed by atoms with Gasteiger partial charge in [-0.1, -0.05) is 18.2 Å². The maximum atomic E-state index is 12.8. The second-order valence-corrected chi connectivity index (χ2v) is 7.61. The predicted molar refractivity (Wildman–Crippen MR) is 116 cm³/mol. The molecule has 164 valence electrons. The number of aryl methyl sites for hydroxylation is 2. The van der Waals surface area contributed by atoms with Crippen LogP contribution in [0, 0.1) is 25.2 Å². The third-order valence-corrected chi connectivity index (χ3v) is 5.16. The number of rotatable bonds is 7. The zero-order valence-electron chi connectivity index (χ0n) is 18.1. The van der Waals surface area contributed by atoms with Gasteiger partial charge >= 0.3 is 5.97 Å². The van der Waals surface area contributed by atoms with Crippen molar-refractivity contribution in [1.82, 2.24) is 4.90 Å². The Morgan fingerprint density at radius 1 is 1.06 bits per heavy atom. The predicted octanol–water partition coefficient (Wildman–Crippen LogP) is 2.78. The molecule has 0 spiro atoms. The number of ether oxygens (including phenoxy) is 1. The molecule has 8 heteroatoms. The van der Waals surface area contributed by atoms with Crippen molar-refractivity contribution in [3.05, 3.63) is 64.7 Å². The molecule has 2 aromatic carbocycles. The van der Waals surface area contributed by atoms with Gasteiger partial charge in [0.25, 0.3) is 17.7 Å². The first-order valence-electron chi connectivity index (χ1n) is 10.1. The van der Waals surface area contributed by atoms with Crippen molar-refractivity contribution in [2.24, 2.45) is 0 Å². The molecule has 3 amide bonds. The van der Waals surface area contributed by atoms with Crippen LogP contribution in [0.25, 0.3) is 0 Å². The first kappa shape index (κ1) is 22.7. The van der Waals surface area contributed by atoms with Crippen LogP contribution < -0.4 is 4.90 Å². The lowest BCUT2D eigenvalue weighted by atomic mass is 10.1. The maximum Gasteiger partial charge on any atom is 0.329 e. The molecule has 1 aliphatic rings. The summed E-state index contributed by atoms with van der Waals surface area (Å²) in [6.45, 7) is 4.74. The summed E-state index contributed by atoms with van der Waals surface area (Å²) >= 11 is 0. The van der Waals surface area contributed by atoms with E-state index in [4.69, 9.17) is 10.00 Å². The molecule has 0 N–H and O–H groups in total. The molecule has 0 aliphatic carbocycles. The smallest absolute Gasteiger partial charge is 0.329 e. The van der Waals surface area contributed by atoms with E-state index in [1.54, 1.807) is 12.1 Å². The number of carbonyl (C=O) groups is 4. The molecule has 3 rings (SSSR count). The van der Waals surface area contributed by atoms with Crippen molar-refractivity contribution in [2.75, 3.05) is 18.1 Å². The summed E-state index contributed by atoms with van der Waals surface area (Å²) in [4.78, 5) is 52.7. The number of amides is 3. The number of benzene rings is 2. The Morgan fingerprint density at radius 3 is 2.16 bits per heavy atom. The number of anilines is 1. The molecular weight excluding hydrogens is 410 g/mol. The van der Waals surface area contributed by atoms with E-state index in [9.17, 15) is 19.2 Å². The molecular formula is C24H23N3O5. The van der Waals surface area contributed by atoms with Crippen molar-refractivity contribution in [3.8, 4) is 6.07 Å². The second-order valence-electron chi connectivity index (χ2n) is 7.61. The minimum absolute atomic E-state index is 0.109. The summed E-state index contributed by atoms with van der Waals surface area (Å²) in [7, 11) is 0. The summed E-state index contributed by atoms with van der Waals surface area (Å²) in [6, 6.07) is 12.7. The molecule has 0 bridgehead atoms. The van der Waals surface area contributed by atoms with Gasteiger partial charge in [-0.2, -0.15) is 5.26 Å². The van der Waals surface area contributed by atoms with Crippen molar-refractivity contribution in [3.63, 3.8) is 0 Å². The maximum absolute atomic E-state index is 12.8. The van der Waals surface area contributed by atoms with E-state index in [0.717, 1.165) is 16.0 Å². The quantitative estimate of drug-likeness (QED) is 0.491. The molecule has 0 fully saturated rings. The summed E-state index contributed by atoms with van der Waals surface area (Å²) in [5.41, 5.74) is 2.96. The normalized spacial score (nSPS) is 13.4. The SMILES string of the molecule is Cc1cc(C)cc(N(CCC#N)C(=O)COC(=O)C(C)N2C(=O)c3ccccc3C2=O)c1. The van der Waals surface area contributed by atoms with Crippen LogP contribution in [0.5, 0.6) is 0 Å². The molecule has 1 unspecified atom stereocenters. The van der Waals surface area contributed by atoms with Gasteiger partial charge in [-0.15, -0.1) is 0 Å². The minimum atomic E-state index is -1.19. The Balaban J connectivity index is 1.70. The molecule has 0 saturated heterocycles. The van der Waals surface area contributed by atoms with Crippen molar-refractivity contribution in [2.45, 2.75) is 33.2 Å². The van der Waals surface area contributed by atoms with E-state index < -0.39 is 36.3 Å². The Hall–Kier alpha value is -3.99. The summed E-state index contributed by atoms with van der Waals surface area (Å²) in [6.07, 6.45) is 0.109.